The van der Waals surface area contributed by atoms with Gasteiger partial charge in [0.05, 0.1) is 15.8 Å². The molecule has 0 aliphatic rings. The van der Waals surface area contributed by atoms with Crippen molar-refractivity contribution in [2.45, 2.75) is 32.2 Å². The largest absolute Gasteiger partial charge is 0.334 e. The fourth-order valence-electron chi connectivity index (χ4n) is 2.62. The molecule has 5 nitrogen and oxygen atoms in total. The lowest BCUT2D eigenvalue weighted by atomic mass is 10.2. The maximum absolute atomic E-state index is 12.7. The predicted molar refractivity (Wildman–Crippen MR) is 106 cm³/mol. The summed E-state index contributed by atoms with van der Waals surface area (Å²) in [6, 6.07) is 9.86. The van der Waals surface area contributed by atoms with Crippen LogP contribution >= 0.6 is 22.9 Å². The van der Waals surface area contributed by atoms with E-state index in [0.29, 0.717) is 36.1 Å². The molecule has 0 aliphatic heterocycles. The minimum atomic E-state index is -3.52. The number of halogens is 1. The van der Waals surface area contributed by atoms with E-state index in [9.17, 15) is 13.2 Å². The third-order valence-corrected chi connectivity index (χ3v) is 7.37. The molecule has 0 radical (unpaired) electrons. The molecule has 8 heteroatoms. The van der Waals surface area contributed by atoms with Crippen LogP contribution in [-0.2, 0) is 16.6 Å². The summed E-state index contributed by atoms with van der Waals surface area (Å²) in [6.07, 6.45) is 0. The fraction of sp³-hybridized carbons (Fsp3) is 0.389. The van der Waals surface area contributed by atoms with E-state index < -0.39 is 10.0 Å². The van der Waals surface area contributed by atoms with E-state index >= 15 is 0 Å². The van der Waals surface area contributed by atoms with Crippen molar-refractivity contribution in [1.82, 2.24) is 9.21 Å². The summed E-state index contributed by atoms with van der Waals surface area (Å²) in [5, 5.41) is 0. The number of thiophene rings is 1. The summed E-state index contributed by atoms with van der Waals surface area (Å²) in [5.74, 6) is -0.135. The zero-order valence-corrected chi connectivity index (χ0v) is 17.5. The normalized spacial score (nSPS) is 11.7. The molecule has 1 heterocycles. The van der Waals surface area contributed by atoms with E-state index in [0.717, 1.165) is 4.88 Å². The van der Waals surface area contributed by atoms with Gasteiger partial charge in [0.1, 0.15) is 0 Å². The van der Waals surface area contributed by atoms with Crippen LogP contribution in [0.5, 0.6) is 0 Å². The molecule has 0 unspecified atom stereocenters. The molecule has 0 saturated heterocycles. The molecule has 2 rings (SSSR count). The first kappa shape index (κ1) is 20.9. The fourth-order valence-corrected chi connectivity index (χ4v) is 5.18. The molecular weight excluding hydrogens is 392 g/mol. The van der Waals surface area contributed by atoms with Crippen LogP contribution < -0.4 is 0 Å². The van der Waals surface area contributed by atoms with Crippen molar-refractivity contribution in [1.29, 1.82) is 0 Å². The molecule has 26 heavy (non-hydrogen) atoms. The predicted octanol–water partition coefficient (Wildman–Crippen LogP) is 4.09. The van der Waals surface area contributed by atoms with Crippen LogP contribution in [0, 0.1) is 0 Å². The number of nitrogens with zero attached hydrogens (tertiary/aromatic N) is 2. The Morgan fingerprint density at radius 1 is 1.00 bits per heavy atom. The maximum atomic E-state index is 12.7. The molecule has 142 valence electrons. The van der Waals surface area contributed by atoms with Gasteiger partial charge in [0.15, 0.2) is 0 Å². The molecule has 2 aromatic rings. The van der Waals surface area contributed by atoms with Crippen molar-refractivity contribution in [3.05, 3.63) is 51.2 Å². The molecule has 0 fully saturated rings. The number of hydrogen-bond donors (Lipinski definition) is 0. The van der Waals surface area contributed by atoms with E-state index in [1.165, 1.54) is 27.8 Å². The number of carbonyl (C=O) groups excluding carboxylic acids is 1. The average molecular weight is 415 g/mol. The van der Waals surface area contributed by atoms with E-state index in [2.05, 4.69) is 0 Å². The molecule has 0 bridgehead atoms. The van der Waals surface area contributed by atoms with E-state index in [-0.39, 0.29) is 10.8 Å². The van der Waals surface area contributed by atoms with E-state index in [1.54, 1.807) is 30.9 Å². The molecule has 0 spiro atoms. The van der Waals surface area contributed by atoms with Crippen molar-refractivity contribution in [2.24, 2.45) is 0 Å². The number of sulfonamides is 1. The lowest BCUT2D eigenvalue weighted by Gasteiger charge is -2.21. The van der Waals surface area contributed by atoms with Crippen LogP contribution in [0.4, 0.5) is 0 Å². The first-order valence-corrected chi connectivity index (χ1v) is 11.1. The van der Waals surface area contributed by atoms with Gasteiger partial charge in [0.2, 0.25) is 10.0 Å². The molecule has 1 aromatic carbocycles. The van der Waals surface area contributed by atoms with Gasteiger partial charge in [0.25, 0.3) is 5.91 Å². The highest BCUT2D eigenvalue weighted by Gasteiger charge is 2.22. The van der Waals surface area contributed by atoms with Crippen LogP contribution in [0.3, 0.4) is 0 Å². The number of rotatable bonds is 8. The second kappa shape index (κ2) is 8.99. The Balaban J connectivity index is 2.19. The Labute approximate surface area is 164 Å². The summed E-state index contributed by atoms with van der Waals surface area (Å²) in [7, 11) is -3.52. The van der Waals surface area contributed by atoms with Crippen molar-refractivity contribution < 1.29 is 13.2 Å². The van der Waals surface area contributed by atoms with Gasteiger partial charge in [-0.25, -0.2) is 8.42 Å². The Morgan fingerprint density at radius 3 is 2.08 bits per heavy atom. The zero-order chi connectivity index (χ0) is 19.3. The number of carbonyl (C=O) groups is 1. The summed E-state index contributed by atoms with van der Waals surface area (Å²) in [4.78, 5) is 15.6. The quantitative estimate of drug-likeness (QED) is 0.653. The monoisotopic (exact) mass is 414 g/mol. The highest BCUT2D eigenvalue weighted by molar-refractivity contribution is 7.89. The van der Waals surface area contributed by atoms with Gasteiger partial charge in [-0.2, -0.15) is 4.31 Å². The summed E-state index contributed by atoms with van der Waals surface area (Å²) >= 11 is 7.39. The van der Waals surface area contributed by atoms with Crippen LogP contribution in [-0.4, -0.2) is 43.2 Å². The number of hydrogen-bond acceptors (Lipinski definition) is 4. The van der Waals surface area contributed by atoms with Crippen LogP contribution in [0.1, 0.15) is 36.0 Å². The second-order valence-electron chi connectivity index (χ2n) is 5.64. The Kier molecular flexibility index (Phi) is 7.23. The first-order chi connectivity index (χ1) is 12.3. The third-order valence-electron chi connectivity index (χ3n) is 4.09. The van der Waals surface area contributed by atoms with Gasteiger partial charge in [-0.05, 0) is 43.3 Å². The van der Waals surface area contributed by atoms with Gasteiger partial charge in [0, 0.05) is 30.1 Å². The molecule has 1 aromatic heterocycles. The highest BCUT2D eigenvalue weighted by atomic mass is 35.5. The van der Waals surface area contributed by atoms with Gasteiger partial charge >= 0.3 is 0 Å². The van der Waals surface area contributed by atoms with Gasteiger partial charge in [-0.15, -0.1) is 11.3 Å². The highest BCUT2D eigenvalue weighted by Crippen LogP contribution is 2.23. The Morgan fingerprint density at radius 2 is 1.62 bits per heavy atom. The number of benzene rings is 1. The Hall–Kier alpha value is -1.41. The molecule has 0 atom stereocenters. The number of amides is 1. The molecular formula is C18H23ClN2O3S2. The standard InChI is InChI=1S/C18H23ClN2O3S2/c1-4-20(13-15-9-12-17(19)25-15)18(22)14-7-10-16(11-8-14)26(23,24)21(5-2)6-3/h7-12H,4-6,13H2,1-3H3. The third kappa shape index (κ3) is 4.65. The first-order valence-electron chi connectivity index (χ1n) is 8.47. The minimum absolute atomic E-state index is 0.135. The summed E-state index contributed by atoms with van der Waals surface area (Å²) < 4.78 is 27.1. The lowest BCUT2D eigenvalue weighted by molar-refractivity contribution is 0.0754. The van der Waals surface area contributed by atoms with Crippen molar-refractivity contribution in [3.8, 4) is 0 Å². The van der Waals surface area contributed by atoms with Gasteiger partial charge in [-0.1, -0.05) is 25.4 Å². The summed E-state index contributed by atoms with van der Waals surface area (Å²) in [6.45, 7) is 7.36. The van der Waals surface area contributed by atoms with E-state index in [1.807, 2.05) is 19.1 Å². The van der Waals surface area contributed by atoms with Crippen molar-refractivity contribution in [2.75, 3.05) is 19.6 Å². The zero-order valence-electron chi connectivity index (χ0n) is 15.1. The average Bonchev–Trinajstić information content (AvgIpc) is 3.05. The second-order valence-corrected chi connectivity index (χ2v) is 9.38. The summed E-state index contributed by atoms with van der Waals surface area (Å²) in [5.41, 5.74) is 0.466. The molecule has 0 N–H and O–H groups in total. The van der Waals surface area contributed by atoms with Gasteiger partial charge < -0.3 is 4.90 Å². The lowest BCUT2D eigenvalue weighted by Crippen LogP contribution is -2.31. The van der Waals surface area contributed by atoms with Gasteiger partial charge in [-0.3, -0.25) is 4.79 Å². The SMILES string of the molecule is CCN(Cc1ccc(Cl)s1)C(=O)c1ccc(S(=O)(=O)N(CC)CC)cc1. The van der Waals surface area contributed by atoms with Crippen LogP contribution in [0.25, 0.3) is 0 Å². The minimum Gasteiger partial charge on any atom is -0.334 e. The topological polar surface area (TPSA) is 57.7 Å². The van der Waals surface area contributed by atoms with Crippen molar-refractivity contribution >= 4 is 38.9 Å². The molecule has 0 aliphatic carbocycles. The van der Waals surface area contributed by atoms with Crippen molar-refractivity contribution in [3.63, 3.8) is 0 Å². The molecule has 1 amide bonds. The smallest absolute Gasteiger partial charge is 0.254 e. The maximum Gasteiger partial charge on any atom is 0.254 e. The molecule has 0 saturated carbocycles. The Bertz CT molecular complexity index is 844. The van der Waals surface area contributed by atoms with Crippen LogP contribution in [0.15, 0.2) is 41.3 Å². The van der Waals surface area contributed by atoms with E-state index in [4.69, 9.17) is 11.6 Å². The van der Waals surface area contributed by atoms with Crippen LogP contribution in [0.2, 0.25) is 4.34 Å².